The molecule has 1 aromatic carbocycles. The zero-order chi connectivity index (χ0) is 19.3. The maximum absolute atomic E-state index is 12.8. The third-order valence-corrected chi connectivity index (χ3v) is 5.20. The van der Waals surface area contributed by atoms with E-state index in [1.807, 2.05) is 0 Å². The van der Waals surface area contributed by atoms with Gasteiger partial charge in [-0.25, -0.2) is 0 Å². The topological polar surface area (TPSA) is 53.6 Å². The average molecular weight is 385 g/mol. The molecule has 0 spiro atoms. The SMILES string of the molecule is O=C(CC1CCCN1)NCC(c1ccc(C(F)(F)F)cc1)N1CCOCC1. The lowest BCUT2D eigenvalue weighted by atomic mass is 10.0. The molecule has 8 heteroatoms. The molecular formula is C19H26F3N3O2. The van der Waals surface area contributed by atoms with Gasteiger partial charge in [0.05, 0.1) is 24.8 Å². The predicted molar refractivity (Wildman–Crippen MR) is 95.2 cm³/mol. The summed E-state index contributed by atoms with van der Waals surface area (Å²) in [7, 11) is 0. The Morgan fingerprint density at radius 1 is 1.26 bits per heavy atom. The molecule has 1 amide bonds. The highest BCUT2D eigenvalue weighted by atomic mass is 19.4. The van der Waals surface area contributed by atoms with Gasteiger partial charge in [-0.2, -0.15) is 13.2 Å². The molecule has 0 aromatic heterocycles. The van der Waals surface area contributed by atoms with E-state index in [4.69, 9.17) is 4.74 Å². The molecule has 2 aliphatic heterocycles. The van der Waals surface area contributed by atoms with Crippen molar-refractivity contribution >= 4 is 5.91 Å². The molecule has 2 fully saturated rings. The van der Waals surface area contributed by atoms with E-state index >= 15 is 0 Å². The second-order valence-electron chi connectivity index (χ2n) is 7.09. The molecule has 2 saturated heterocycles. The maximum atomic E-state index is 12.8. The largest absolute Gasteiger partial charge is 0.416 e. The Morgan fingerprint density at radius 2 is 1.96 bits per heavy atom. The summed E-state index contributed by atoms with van der Waals surface area (Å²) < 4.78 is 43.9. The minimum absolute atomic E-state index is 0.0282. The van der Waals surface area contributed by atoms with Gasteiger partial charge in [-0.15, -0.1) is 0 Å². The summed E-state index contributed by atoms with van der Waals surface area (Å²) in [5.74, 6) is -0.0282. The Kier molecular flexibility index (Phi) is 6.73. The summed E-state index contributed by atoms with van der Waals surface area (Å²) >= 11 is 0. The molecule has 27 heavy (non-hydrogen) atoms. The highest BCUT2D eigenvalue weighted by Crippen LogP contribution is 2.31. The number of morpholine rings is 1. The zero-order valence-electron chi connectivity index (χ0n) is 15.2. The Morgan fingerprint density at radius 3 is 2.56 bits per heavy atom. The van der Waals surface area contributed by atoms with E-state index in [0.29, 0.717) is 39.3 Å². The third-order valence-electron chi connectivity index (χ3n) is 5.20. The lowest BCUT2D eigenvalue weighted by Crippen LogP contribution is -2.44. The van der Waals surface area contributed by atoms with Crippen molar-refractivity contribution in [1.29, 1.82) is 0 Å². The van der Waals surface area contributed by atoms with Gasteiger partial charge in [0, 0.05) is 32.1 Å². The van der Waals surface area contributed by atoms with E-state index in [0.717, 1.165) is 37.1 Å². The number of nitrogens with one attached hydrogen (secondary N) is 2. The van der Waals surface area contributed by atoms with Crippen LogP contribution >= 0.6 is 0 Å². The standard InChI is InChI=1S/C19H26F3N3O2/c20-19(21,22)15-5-3-14(4-6-15)17(25-8-10-27-11-9-25)13-24-18(26)12-16-2-1-7-23-16/h3-6,16-17,23H,1-2,7-13H2,(H,24,26). The van der Waals surface area contributed by atoms with Crippen molar-refractivity contribution < 1.29 is 22.7 Å². The van der Waals surface area contributed by atoms with Crippen LogP contribution in [0.15, 0.2) is 24.3 Å². The van der Waals surface area contributed by atoms with Crippen LogP contribution in [0.25, 0.3) is 0 Å². The van der Waals surface area contributed by atoms with Gasteiger partial charge in [0.1, 0.15) is 0 Å². The Balaban J connectivity index is 1.66. The summed E-state index contributed by atoms with van der Waals surface area (Å²) in [6.07, 6.45) is -1.84. The number of ether oxygens (including phenoxy) is 1. The number of halogens is 3. The highest BCUT2D eigenvalue weighted by molar-refractivity contribution is 5.76. The van der Waals surface area contributed by atoms with Crippen molar-refractivity contribution in [1.82, 2.24) is 15.5 Å². The minimum atomic E-state index is -4.35. The van der Waals surface area contributed by atoms with E-state index in [1.54, 1.807) is 0 Å². The van der Waals surface area contributed by atoms with E-state index in [1.165, 1.54) is 12.1 Å². The fourth-order valence-electron chi connectivity index (χ4n) is 3.68. The summed E-state index contributed by atoms with van der Waals surface area (Å²) in [4.78, 5) is 14.4. The average Bonchev–Trinajstić information content (AvgIpc) is 3.15. The predicted octanol–water partition coefficient (Wildman–Crippen LogP) is 2.34. The van der Waals surface area contributed by atoms with Gasteiger partial charge in [-0.1, -0.05) is 12.1 Å². The molecule has 0 saturated carbocycles. The van der Waals surface area contributed by atoms with E-state index < -0.39 is 11.7 Å². The first-order valence-corrected chi connectivity index (χ1v) is 9.42. The first-order valence-electron chi connectivity index (χ1n) is 9.42. The number of alkyl halides is 3. The number of carbonyl (C=O) groups excluding carboxylic acids is 1. The van der Waals surface area contributed by atoms with Crippen molar-refractivity contribution in [3.05, 3.63) is 35.4 Å². The summed E-state index contributed by atoms with van der Waals surface area (Å²) in [5.41, 5.74) is 0.104. The summed E-state index contributed by atoms with van der Waals surface area (Å²) in [6.45, 7) is 3.85. The lowest BCUT2D eigenvalue weighted by molar-refractivity contribution is -0.137. The number of hydrogen-bond donors (Lipinski definition) is 2. The molecule has 2 N–H and O–H groups in total. The molecule has 2 heterocycles. The van der Waals surface area contributed by atoms with Crippen LogP contribution in [0.4, 0.5) is 13.2 Å². The van der Waals surface area contributed by atoms with Gasteiger partial charge >= 0.3 is 6.18 Å². The smallest absolute Gasteiger partial charge is 0.379 e. The molecule has 0 radical (unpaired) electrons. The fourth-order valence-corrected chi connectivity index (χ4v) is 3.68. The molecule has 2 unspecified atom stereocenters. The number of benzene rings is 1. The Labute approximate surface area is 157 Å². The van der Waals surface area contributed by atoms with Crippen LogP contribution in [0, 0.1) is 0 Å². The fraction of sp³-hybridized carbons (Fsp3) is 0.632. The number of nitrogens with zero attached hydrogens (tertiary/aromatic N) is 1. The van der Waals surface area contributed by atoms with Crippen LogP contribution in [0.1, 0.15) is 36.4 Å². The number of rotatable bonds is 6. The summed E-state index contributed by atoms with van der Waals surface area (Å²) in [6, 6.07) is 5.27. The first-order chi connectivity index (χ1) is 12.9. The third kappa shape index (κ3) is 5.67. The van der Waals surface area contributed by atoms with Crippen LogP contribution in [-0.4, -0.2) is 56.2 Å². The molecule has 3 rings (SSSR count). The van der Waals surface area contributed by atoms with Crippen molar-refractivity contribution in [2.75, 3.05) is 39.4 Å². The molecule has 2 atom stereocenters. The number of amides is 1. The molecule has 1 aromatic rings. The molecule has 2 aliphatic rings. The highest BCUT2D eigenvalue weighted by Gasteiger charge is 2.31. The van der Waals surface area contributed by atoms with Gasteiger partial charge in [0.25, 0.3) is 0 Å². The maximum Gasteiger partial charge on any atom is 0.416 e. The normalized spacial score (nSPS) is 22.6. The lowest BCUT2D eigenvalue weighted by Gasteiger charge is -2.35. The van der Waals surface area contributed by atoms with Crippen LogP contribution in [0.2, 0.25) is 0 Å². The van der Waals surface area contributed by atoms with Crippen LogP contribution in [-0.2, 0) is 15.7 Å². The Hall–Kier alpha value is -1.64. The van der Waals surface area contributed by atoms with Crippen molar-refractivity contribution in [3.63, 3.8) is 0 Å². The van der Waals surface area contributed by atoms with E-state index in [2.05, 4.69) is 15.5 Å². The monoisotopic (exact) mass is 385 g/mol. The van der Waals surface area contributed by atoms with Crippen molar-refractivity contribution in [2.45, 2.75) is 37.5 Å². The summed E-state index contributed by atoms with van der Waals surface area (Å²) in [5, 5.41) is 6.26. The van der Waals surface area contributed by atoms with Crippen LogP contribution in [0.3, 0.4) is 0 Å². The molecule has 150 valence electrons. The van der Waals surface area contributed by atoms with Gasteiger partial charge < -0.3 is 15.4 Å². The second-order valence-corrected chi connectivity index (χ2v) is 7.09. The zero-order valence-corrected chi connectivity index (χ0v) is 15.2. The first kappa shape index (κ1) is 20.1. The molecule has 0 bridgehead atoms. The van der Waals surface area contributed by atoms with Gasteiger partial charge in [0.2, 0.25) is 5.91 Å². The van der Waals surface area contributed by atoms with E-state index in [-0.39, 0.29) is 18.0 Å². The number of hydrogen-bond acceptors (Lipinski definition) is 4. The van der Waals surface area contributed by atoms with Crippen molar-refractivity contribution in [2.24, 2.45) is 0 Å². The van der Waals surface area contributed by atoms with Gasteiger partial charge in [0.15, 0.2) is 0 Å². The van der Waals surface area contributed by atoms with Crippen LogP contribution < -0.4 is 10.6 Å². The molecule has 5 nitrogen and oxygen atoms in total. The minimum Gasteiger partial charge on any atom is -0.379 e. The second kappa shape index (κ2) is 9.03. The van der Waals surface area contributed by atoms with Crippen LogP contribution in [0.5, 0.6) is 0 Å². The quantitative estimate of drug-likeness (QED) is 0.789. The Bertz CT molecular complexity index is 610. The van der Waals surface area contributed by atoms with Gasteiger partial charge in [-0.3, -0.25) is 9.69 Å². The van der Waals surface area contributed by atoms with Gasteiger partial charge in [-0.05, 0) is 37.1 Å². The molecular weight excluding hydrogens is 359 g/mol. The van der Waals surface area contributed by atoms with E-state index in [9.17, 15) is 18.0 Å². The number of carbonyl (C=O) groups is 1. The molecule has 0 aliphatic carbocycles. The van der Waals surface area contributed by atoms with Crippen molar-refractivity contribution in [3.8, 4) is 0 Å².